The fourth-order valence-corrected chi connectivity index (χ4v) is 2.04. The van der Waals surface area contributed by atoms with Gasteiger partial charge in [-0.05, 0) is 49.2 Å². The number of nitrogens with one attached hydrogen (secondary N) is 1. The van der Waals surface area contributed by atoms with Gasteiger partial charge < -0.3 is 5.32 Å². The quantitative estimate of drug-likeness (QED) is 0.825. The predicted molar refractivity (Wildman–Crippen MR) is 74.6 cm³/mol. The Morgan fingerprint density at radius 3 is 2.61 bits per heavy atom. The average Bonchev–Trinajstić information content (AvgIpc) is 2.32. The number of hydrogen-bond acceptors (Lipinski definition) is 1. The van der Waals surface area contributed by atoms with Crippen molar-refractivity contribution in [3.05, 3.63) is 64.4 Å². The van der Waals surface area contributed by atoms with Gasteiger partial charge in [-0.2, -0.15) is 0 Å². The van der Waals surface area contributed by atoms with Crippen LogP contribution < -0.4 is 5.32 Å². The van der Waals surface area contributed by atoms with E-state index in [4.69, 9.17) is 11.6 Å². The molecule has 2 aromatic carbocycles. The summed E-state index contributed by atoms with van der Waals surface area (Å²) in [5.74, 6) is -0.386. The first-order valence-corrected chi connectivity index (χ1v) is 6.22. The lowest BCUT2D eigenvalue weighted by Gasteiger charge is -2.16. The molecule has 0 saturated heterocycles. The zero-order chi connectivity index (χ0) is 13.1. The van der Waals surface area contributed by atoms with Crippen LogP contribution in [0.3, 0.4) is 0 Å². The third kappa shape index (κ3) is 3.02. The van der Waals surface area contributed by atoms with Gasteiger partial charge in [0.2, 0.25) is 0 Å². The molecule has 3 heteroatoms. The second-order valence-corrected chi connectivity index (χ2v) is 4.82. The van der Waals surface area contributed by atoms with Crippen molar-refractivity contribution in [2.24, 2.45) is 0 Å². The van der Waals surface area contributed by atoms with Crippen LogP contribution in [-0.4, -0.2) is 0 Å². The number of benzene rings is 2. The van der Waals surface area contributed by atoms with Gasteiger partial charge in [-0.25, -0.2) is 4.39 Å². The first-order chi connectivity index (χ1) is 8.56. The molecule has 0 fully saturated rings. The van der Waals surface area contributed by atoms with E-state index in [-0.39, 0.29) is 16.9 Å². The summed E-state index contributed by atoms with van der Waals surface area (Å²) in [4.78, 5) is 0. The zero-order valence-corrected chi connectivity index (χ0v) is 11.1. The van der Waals surface area contributed by atoms with E-state index in [0.717, 1.165) is 11.3 Å². The molecule has 1 atom stereocenters. The van der Waals surface area contributed by atoms with Crippen molar-refractivity contribution in [1.29, 1.82) is 0 Å². The summed E-state index contributed by atoms with van der Waals surface area (Å²) in [5, 5.41) is 3.52. The van der Waals surface area contributed by atoms with Crippen LogP contribution in [0.2, 0.25) is 5.02 Å². The topological polar surface area (TPSA) is 12.0 Å². The summed E-state index contributed by atoms with van der Waals surface area (Å²) in [6.07, 6.45) is 0. The lowest BCUT2D eigenvalue weighted by Crippen LogP contribution is -2.06. The van der Waals surface area contributed by atoms with E-state index < -0.39 is 0 Å². The van der Waals surface area contributed by atoms with E-state index in [1.54, 1.807) is 12.1 Å². The zero-order valence-electron chi connectivity index (χ0n) is 10.4. The lowest BCUT2D eigenvalue weighted by atomic mass is 10.1. The van der Waals surface area contributed by atoms with Crippen molar-refractivity contribution in [2.45, 2.75) is 19.9 Å². The summed E-state index contributed by atoms with van der Waals surface area (Å²) in [6, 6.07) is 13.0. The van der Waals surface area contributed by atoms with Crippen LogP contribution >= 0.6 is 11.6 Å². The van der Waals surface area contributed by atoms with Gasteiger partial charge in [0.25, 0.3) is 0 Å². The van der Waals surface area contributed by atoms with Crippen LogP contribution in [0.4, 0.5) is 10.1 Å². The molecule has 0 heterocycles. The fourth-order valence-electron chi connectivity index (χ4n) is 1.85. The minimum atomic E-state index is -0.386. The fraction of sp³-hybridized carbons (Fsp3) is 0.200. The summed E-state index contributed by atoms with van der Waals surface area (Å²) < 4.78 is 13.1. The molecule has 0 aromatic heterocycles. The molecule has 0 spiro atoms. The van der Waals surface area contributed by atoms with Gasteiger partial charge in [-0.15, -0.1) is 0 Å². The van der Waals surface area contributed by atoms with E-state index in [2.05, 4.69) is 11.4 Å². The van der Waals surface area contributed by atoms with Crippen LogP contribution in [0.1, 0.15) is 24.1 Å². The first-order valence-electron chi connectivity index (χ1n) is 5.84. The number of rotatable bonds is 3. The Morgan fingerprint density at radius 1 is 1.17 bits per heavy atom. The highest BCUT2D eigenvalue weighted by Crippen LogP contribution is 2.24. The Morgan fingerprint density at radius 2 is 1.94 bits per heavy atom. The minimum absolute atomic E-state index is 0.0740. The second kappa shape index (κ2) is 5.40. The highest BCUT2D eigenvalue weighted by molar-refractivity contribution is 6.30. The maximum atomic E-state index is 13.1. The number of anilines is 1. The van der Waals surface area contributed by atoms with Crippen molar-refractivity contribution in [2.75, 3.05) is 5.32 Å². The van der Waals surface area contributed by atoms with E-state index >= 15 is 0 Å². The summed E-state index contributed by atoms with van der Waals surface area (Å²) >= 11 is 5.78. The third-order valence-electron chi connectivity index (χ3n) is 2.84. The molecular weight excluding hydrogens is 249 g/mol. The molecule has 1 unspecified atom stereocenters. The highest BCUT2D eigenvalue weighted by Gasteiger charge is 2.08. The molecular formula is C15H15ClFN. The second-order valence-electron chi connectivity index (χ2n) is 4.41. The average molecular weight is 264 g/mol. The van der Waals surface area contributed by atoms with Gasteiger partial charge in [0.1, 0.15) is 5.82 Å². The largest absolute Gasteiger partial charge is 0.379 e. The molecule has 18 heavy (non-hydrogen) atoms. The SMILES string of the molecule is Cc1cccc(NC(C)c2ccc(F)c(Cl)c2)c1. The van der Waals surface area contributed by atoms with Crippen LogP contribution in [0, 0.1) is 12.7 Å². The first kappa shape index (κ1) is 12.9. The Hall–Kier alpha value is -1.54. The van der Waals surface area contributed by atoms with E-state index in [0.29, 0.717) is 0 Å². The van der Waals surface area contributed by atoms with Crippen LogP contribution in [0.5, 0.6) is 0 Å². The monoisotopic (exact) mass is 263 g/mol. The van der Waals surface area contributed by atoms with Gasteiger partial charge in [0.15, 0.2) is 0 Å². The van der Waals surface area contributed by atoms with Crippen molar-refractivity contribution in [1.82, 2.24) is 0 Å². The predicted octanol–water partition coefficient (Wildman–Crippen LogP) is 4.96. The van der Waals surface area contributed by atoms with Gasteiger partial charge in [-0.3, -0.25) is 0 Å². The molecule has 0 saturated carbocycles. The third-order valence-corrected chi connectivity index (χ3v) is 3.13. The van der Waals surface area contributed by atoms with Crippen LogP contribution in [-0.2, 0) is 0 Å². The van der Waals surface area contributed by atoms with Gasteiger partial charge >= 0.3 is 0 Å². The van der Waals surface area contributed by atoms with Crippen molar-refractivity contribution in [3.8, 4) is 0 Å². The molecule has 94 valence electrons. The summed E-state index contributed by atoms with van der Waals surface area (Å²) in [6.45, 7) is 4.07. The number of aryl methyl sites for hydroxylation is 1. The molecule has 1 N–H and O–H groups in total. The normalized spacial score (nSPS) is 12.2. The highest BCUT2D eigenvalue weighted by atomic mass is 35.5. The molecule has 1 nitrogen and oxygen atoms in total. The Balaban J connectivity index is 2.16. The van der Waals surface area contributed by atoms with Crippen molar-refractivity contribution >= 4 is 17.3 Å². The molecule has 0 bridgehead atoms. The van der Waals surface area contributed by atoms with E-state index in [9.17, 15) is 4.39 Å². The van der Waals surface area contributed by atoms with Gasteiger partial charge in [-0.1, -0.05) is 29.8 Å². The summed E-state index contributed by atoms with van der Waals surface area (Å²) in [5.41, 5.74) is 3.20. The van der Waals surface area contributed by atoms with Crippen LogP contribution in [0.15, 0.2) is 42.5 Å². The lowest BCUT2D eigenvalue weighted by molar-refractivity contribution is 0.627. The molecule has 2 aromatic rings. The molecule has 0 aliphatic heterocycles. The molecule has 0 amide bonds. The Kier molecular flexibility index (Phi) is 3.87. The molecule has 0 radical (unpaired) electrons. The van der Waals surface area contributed by atoms with Gasteiger partial charge in [0, 0.05) is 11.7 Å². The van der Waals surface area contributed by atoms with Crippen molar-refractivity contribution < 1.29 is 4.39 Å². The molecule has 0 aliphatic carbocycles. The minimum Gasteiger partial charge on any atom is -0.379 e. The standard InChI is InChI=1S/C15H15ClFN/c1-10-4-3-5-13(8-10)18-11(2)12-6-7-15(17)14(16)9-12/h3-9,11,18H,1-2H3. The van der Waals surface area contributed by atoms with E-state index in [1.807, 2.05) is 32.0 Å². The maximum absolute atomic E-state index is 13.1. The van der Waals surface area contributed by atoms with Crippen LogP contribution in [0.25, 0.3) is 0 Å². The van der Waals surface area contributed by atoms with Crippen molar-refractivity contribution in [3.63, 3.8) is 0 Å². The number of hydrogen-bond donors (Lipinski definition) is 1. The maximum Gasteiger partial charge on any atom is 0.141 e. The smallest absolute Gasteiger partial charge is 0.141 e. The Bertz CT molecular complexity index is 554. The summed E-state index contributed by atoms with van der Waals surface area (Å²) in [7, 11) is 0. The Labute approximate surface area is 112 Å². The number of halogens is 2. The van der Waals surface area contributed by atoms with Gasteiger partial charge in [0.05, 0.1) is 5.02 Å². The molecule has 0 aliphatic rings. The molecule has 2 rings (SSSR count). The van der Waals surface area contributed by atoms with E-state index in [1.165, 1.54) is 11.6 Å².